The van der Waals surface area contributed by atoms with E-state index in [1.54, 1.807) is 7.11 Å². The number of likely N-dealkylation sites (tertiary alicyclic amines) is 1. The molecule has 2 aromatic heterocycles. The maximum atomic E-state index is 13.5. The zero-order valence-corrected chi connectivity index (χ0v) is 17.1. The largest absolute Gasteiger partial charge is 0.493 e. The van der Waals surface area contributed by atoms with Crippen molar-refractivity contribution >= 4 is 5.78 Å². The molecule has 1 aliphatic heterocycles. The molecule has 0 radical (unpaired) electrons. The zero-order valence-electron chi connectivity index (χ0n) is 17.1. The van der Waals surface area contributed by atoms with Crippen LogP contribution in [0.5, 0.6) is 11.5 Å². The summed E-state index contributed by atoms with van der Waals surface area (Å²) in [5, 5.41) is 3.86. The van der Waals surface area contributed by atoms with E-state index >= 15 is 0 Å². The monoisotopic (exact) mass is 417 g/mol. The fourth-order valence-electron chi connectivity index (χ4n) is 4.00. The second-order valence-corrected chi connectivity index (χ2v) is 7.37. The van der Waals surface area contributed by atoms with Crippen LogP contribution in [0, 0.1) is 0 Å². The van der Waals surface area contributed by atoms with Gasteiger partial charge in [0.1, 0.15) is 12.0 Å². The van der Waals surface area contributed by atoms with E-state index in [4.69, 9.17) is 9.47 Å². The SMILES string of the molecule is CCOc1ccc(CN2CCC[C@@H](c3cc(C(F)F)n4ncnc4n3)C2)cc1OC. The highest BCUT2D eigenvalue weighted by atomic mass is 19.3. The van der Waals surface area contributed by atoms with E-state index in [1.165, 1.54) is 12.4 Å². The Balaban J connectivity index is 1.52. The predicted molar refractivity (Wildman–Crippen MR) is 107 cm³/mol. The molecular formula is C21H25F2N5O2. The normalized spacial score (nSPS) is 17.6. The van der Waals surface area contributed by atoms with Gasteiger partial charge in [-0.05, 0) is 50.1 Å². The summed E-state index contributed by atoms with van der Waals surface area (Å²) in [7, 11) is 1.63. The van der Waals surface area contributed by atoms with Gasteiger partial charge in [0.15, 0.2) is 11.5 Å². The third-order valence-electron chi connectivity index (χ3n) is 5.38. The van der Waals surface area contributed by atoms with E-state index in [0.717, 1.165) is 48.3 Å². The van der Waals surface area contributed by atoms with Crippen LogP contribution in [0.4, 0.5) is 8.78 Å². The Kier molecular flexibility index (Phi) is 6.08. The molecule has 0 amide bonds. The van der Waals surface area contributed by atoms with Gasteiger partial charge in [-0.3, -0.25) is 4.90 Å². The van der Waals surface area contributed by atoms with E-state index < -0.39 is 6.43 Å². The molecule has 0 N–H and O–H groups in total. The molecule has 1 fully saturated rings. The zero-order chi connectivity index (χ0) is 21.1. The van der Waals surface area contributed by atoms with Crippen LogP contribution >= 0.6 is 0 Å². The minimum absolute atomic E-state index is 0.0718. The number of piperidine rings is 1. The van der Waals surface area contributed by atoms with Crippen LogP contribution in [0.2, 0.25) is 0 Å². The summed E-state index contributed by atoms with van der Waals surface area (Å²) in [4.78, 5) is 10.8. The maximum Gasteiger partial charge on any atom is 0.280 e. The van der Waals surface area contributed by atoms with E-state index in [9.17, 15) is 8.78 Å². The highest BCUT2D eigenvalue weighted by Crippen LogP contribution is 2.32. The van der Waals surface area contributed by atoms with Gasteiger partial charge >= 0.3 is 0 Å². The molecule has 9 heteroatoms. The highest BCUT2D eigenvalue weighted by Gasteiger charge is 2.25. The lowest BCUT2D eigenvalue weighted by atomic mass is 9.93. The molecule has 0 spiro atoms. The van der Waals surface area contributed by atoms with Crippen molar-refractivity contribution in [3.8, 4) is 11.5 Å². The average Bonchev–Trinajstić information content (AvgIpc) is 3.23. The first kappa shape index (κ1) is 20.5. The summed E-state index contributed by atoms with van der Waals surface area (Å²) in [5.74, 6) is 1.73. The molecule has 0 aliphatic carbocycles. The van der Waals surface area contributed by atoms with Crippen LogP contribution < -0.4 is 9.47 Å². The van der Waals surface area contributed by atoms with Crippen LogP contribution in [0.25, 0.3) is 5.78 Å². The van der Waals surface area contributed by atoms with E-state index in [2.05, 4.69) is 20.0 Å². The number of aromatic nitrogens is 4. The van der Waals surface area contributed by atoms with Crippen LogP contribution in [-0.2, 0) is 6.54 Å². The molecule has 160 valence electrons. The lowest BCUT2D eigenvalue weighted by Gasteiger charge is -2.32. The first-order chi connectivity index (χ1) is 14.6. The molecular weight excluding hydrogens is 392 g/mol. The number of alkyl halides is 2. The van der Waals surface area contributed by atoms with Crippen molar-refractivity contribution in [2.75, 3.05) is 26.8 Å². The molecule has 0 bridgehead atoms. The Morgan fingerprint density at radius 1 is 1.23 bits per heavy atom. The van der Waals surface area contributed by atoms with E-state index in [1.807, 2.05) is 25.1 Å². The third kappa shape index (κ3) is 4.21. The standard InChI is InChI=1S/C21H25F2N5O2/c1-3-30-18-7-6-14(9-19(18)29-2)11-27-8-4-5-15(12-27)16-10-17(20(22)23)28-21(26-16)24-13-25-28/h6-7,9-10,13,15,20H,3-5,8,11-12H2,1-2H3/t15-/m1/s1. The molecule has 0 unspecified atom stereocenters. The van der Waals surface area contributed by atoms with Gasteiger partial charge < -0.3 is 9.47 Å². The second kappa shape index (κ2) is 8.91. The number of halogens is 2. The lowest BCUT2D eigenvalue weighted by molar-refractivity contribution is 0.142. The first-order valence-corrected chi connectivity index (χ1v) is 10.1. The van der Waals surface area contributed by atoms with Crippen LogP contribution in [-0.4, -0.2) is 51.3 Å². The number of nitrogens with zero attached hydrogens (tertiary/aromatic N) is 5. The van der Waals surface area contributed by atoms with Gasteiger partial charge in [-0.25, -0.2) is 13.8 Å². The molecule has 1 aliphatic rings. The minimum Gasteiger partial charge on any atom is -0.493 e. The highest BCUT2D eigenvalue weighted by molar-refractivity contribution is 5.43. The van der Waals surface area contributed by atoms with Gasteiger partial charge in [-0.15, -0.1) is 0 Å². The topological polar surface area (TPSA) is 64.8 Å². The van der Waals surface area contributed by atoms with Crippen molar-refractivity contribution in [2.24, 2.45) is 0 Å². The molecule has 1 saturated heterocycles. The molecule has 3 aromatic rings. The van der Waals surface area contributed by atoms with Gasteiger partial charge in [0.25, 0.3) is 12.2 Å². The van der Waals surface area contributed by atoms with Crippen molar-refractivity contribution < 1.29 is 18.3 Å². The average molecular weight is 417 g/mol. The summed E-state index contributed by atoms with van der Waals surface area (Å²) in [6.45, 7) is 4.95. The smallest absolute Gasteiger partial charge is 0.280 e. The van der Waals surface area contributed by atoms with Crippen LogP contribution in [0.3, 0.4) is 0 Å². The van der Waals surface area contributed by atoms with Crippen molar-refractivity contribution in [3.63, 3.8) is 0 Å². The first-order valence-electron chi connectivity index (χ1n) is 10.1. The van der Waals surface area contributed by atoms with Crippen molar-refractivity contribution in [3.05, 3.63) is 47.5 Å². The van der Waals surface area contributed by atoms with Crippen molar-refractivity contribution in [1.29, 1.82) is 0 Å². The molecule has 1 aromatic carbocycles. The fourth-order valence-corrected chi connectivity index (χ4v) is 4.00. The Labute approximate surface area is 173 Å². The van der Waals surface area contributed by atoms with Gasteiger partial charge in [-0.1, -0.05) is 6.07 Å². The summed E-state index contributed by atoms with van der Waals surface area (Å²) >= 11 is 0. The van der Waals surface area contributed by atoms with Gasteiger partial charge in [-0.2, -0.15) is 14.6 Å². The number of benzene rings is 1. The van der Waals surface area contributed by atoms with E-state index in [0.29, 0.717) is 18.1 Å². The number of hydrogen-bond donors (Lipinski definition) is 0. The molecule has 7 nitrogen and oxygen atoms in total. The van der Waals surface area contributed by atoms with Gasteiger partial charge in [0.05, 0.1) is 19.4 Å². The van der Waals surface area contributed by atoms with Crippen LogP contribution in [0.1, 0.15) is 49.1 Å². The number of rotatable bonds is 7. The maximum absolute atomic E-state index is 13.5. The van der Waals surface area contributed by atoms with E-state index in [-0.39, 0.29) is 17.4 Å². The number of ether oxygens (including phenoxy) is 2. The summed E-state index contributed by atoms with van der Waals surface area (Å²) < 4.78 is 39.1. The molecule has 0 saturated carbocycles. The Bertz CT molecular complexity index is 1010. The van der Waals surface area contributed by atoms with Gasteiger partial charge in [0, 0.05) is 19.0 Å². The lowest BCUT2D eigenvalue weighted by Crippen LogP contribution is -2.34. The fraction of sp³-hybridized carbons (Fsp3) is 0.476. The second-order valence-electron chi connectivity index (χ2n) is 7.37. The Hall–Kier alpha value is -2.81. The number of hydrogen-bond acceptors (Lipinski definition) is 6. The minimum atomic E-state index is -2.63. The number of fused-ring (bicyclic) bond motifs is 1. The van der Waals surface area contributed by atoms with Crippen LogP contribution in [0.15, 0.2) is 30.6 Å². The Morgan fingerprint density at radius 2 is 2.10 bits per heavy atom. The van der Waals surface area contributed by atoms with Crippen molar-refractivity contribution in [1.82, 2.24) is 24.5 Å². The predicted octanol–water partition coefficient (Wildman–Crippen LogP) is 3.85. The quantitative estimate of drug-likeness (QED) is 0.582. The van der Waals surface area contributed by atoms with Crippen molar-refractivity contribution in [2.45, 2.75) is 38.7 Å². The summed E-state index contributed by atoms with van der Waals surface area (Å²) in [5.41, 5.74) is 1.60. The number of methoxy groups -OCH3 is 1. The third-order valence-corrected chi connectivity index (χ3v) is 5.38. The molecule has 1 atom stereocenters. The summed E-state index contributed by atoms with van der Waals surface area (Å²) in [6.07, 6.45) is 0.502. The molecule has 3 heterocycles. The molecule has 4 rings (SSSR count). The molecule has 30 heavy (non-hydrogen) atoms. The van der Waals surface area contributed by atoms with Gasteiger partial charge in [0.2, 0.25) is 0 Å². The summed E-state index contributed by atoms with van der Waals surface area (Å²) in [6, 6.07) is 7.42. The Morgan fingerprint density at radius 3 is 2.87 bits per heavy atom.